The minimum atomic E-state index is 0. The molecule has 1 aliphatic rings. The van der Waals surface area contributed by atoms with Crippen molar-refractivity contribution >= 4 is 35.6 Å². The highest BCUT2D eigenvalue weighted by Gasteiger charge is 2.25. The predicted molar refractivity (Wildman–Crippen MR) is 115 cm³/mol. The standard InChI is InChI=1S/C19H29N5.HI/c1-15(2)12-16-8-11-24(13-16)19(20-3)21-9-7-17-14-23-10-5-4-6-18(23)22-17;/h4-6,10,14-16H,7-9,11-13H2,1-3H3,(H,20,21);1H. The van der Waals surface area contributed by atoms with E-state index in [9.17, 15) is 0 Å². The van der Waals surface area contributed by atoms with Crippen molar-refractivity contribution in [2.24, 2.45) is 16.8 Å². The number of imidazole rings is 1. The Hall–Kier alpha value is -1.31. The highest BCUT2D eigenvalue weighted by molar-refractivity contribution is 14.0. The summed E-state index contributed by atoms with van der Waals surface area (Å²) in [6, 6.07) is 6.08. The highest BCUT2D eigenvalue weighted by Crippen LogP contribution is 2.23. The molecule has 0 amide bonds. The van der Waals surface area contributed by atoms with Gasteiger partial charge in [-0.25, -0.2) is 4.98 Å². The minimum Gasteiger partial charge on any atom is -0.356 e. The number of likely N-dealkylation sites (tertiary alicyclic amines) is 1. The molecular formula is C19H30IN5. The number of guanidine groups is 1. The number of pyridine rings is 1. The molecule has 0 spiro atoms. The summed E-state index contributed by atoms with van der Waals surface area (Å²) in [6.45, 7) is 7.73. The molecule has 138 valence electrons. The second-order valence-electron chi connectivity index (χ2n) is 7.15. The largest absolute Gasteiger partial charge is 0.356 e. The summed E-state index contributed by atoms with van der Waals surface area (Å²) in [6.07, 6.45) is 7.65. The van der Waals surface area contributed by atoms with Crippen molar-refractivity contribution < 1.29 is 0 Å². The Morgan fingerprint density at radius 3 is 2.96 bits per heavy atom. The van der Waals surface area contributed by atoms with Crippen LogP contribution in [0.5, 0.6) is 0 Å². The molecule has 0 saturated carbocycles. The Morgan fingerprint density at radius 1 is 1.40 bits per heavy atom. The van der Waals surface area contributed by atoms with Gasteiger partial charge in [0.1, 0.15) is 5.65 Å². The third-order valence-corrected chi connectivity index (χ3v) is 4.68. The normalized spacial score (nSPS) is 18.0. The molecule has 1 N–H and O–H groups in total. The van der Waals surface area contributed by atoms with Gasteiger partial charge in [0.05, 0.1) is 5.69 Å². The lowest BCUT2D eigenvalue weighted by Gasteiger charge is -2.22. The smallest absolute Gasteiger partial charge is 0.193 e. The van der Waals surface area contributed by atoms with Crippen molar-refractivity contribution in [1.29, 1.82) is 0 Å². The second kappa shape index (κ2) is 9.40. The van der Waals surface area contributed by atoms with Gasteiger partial charge in [-0.15, -0.1) is 24.0 Å². The third-order valence-electron chi connectivity index (χ3n) is 4.68. The average molecular weight is 455 g/mol. The number of aliphatic imine (C=N–C) groups is 1. The van der Waals surface area contributed by atoms with Crippen LogP contribution in [-0.4, -0.2) is 46.9 Å². The van der Waals surface area contributed by atoms with Gasteiger partial charge in [-0.1, -0.05) is 19.9 Å². The molecule has 0 bridgehead atoms. The zero-order valence-corrected chi connectivity index (χ0v) is 17.8. The van der Waals surface area contributed by atoms with E-state index in [0.29, 0.717) is 0 Å². The summed E-state index contributed by atoms with van der Waals surface area (Å²) < 4.78 is 2.07. The van der Waals surface area contributed by atoms with Crippen LogP contribution in [0.15, 0.2) is 35.6 Å². The van der Waals surface area contributed by atoms with Crippen LogP contribution in [0.4, 0.5) is 0 Å². The van der Waals surface area contributed by atoms with Crippen LogP contribution in [0.25, 0.3) is 5.65 Å². The van der Waals surface area contributed by atoms with Crippen LogP contribution in [0.3, 0.4) is 0 Å². The second-order valence-corrected chi connectivity index (χ2v) is 7.15. The quantitative estimate of drug-likeness (QED) is 0.427. The summed E-state index contributed by atoms with van der Waals surface area (Å²) >= 11 is 0. The monoisotopic (exact) mass is 455 g/mol. The molecule has 1 unspecified atom stereocenters. The Bertz CT molecular complexity index is 661. The van der Waals surface area contributed by atoms with Gasteiger partial charge in [-0.2, -0.15) is 0 Å². The van der Waals surface area contributed by atoms with E-state index in [-0.39, 0.29) is 24.0 Å². The van der Waals surface area contributed by atoms with Gasteiger partial charge in [-0.05, 0) is 36.8 Å². The van der Waals surface area contributed by atoms with E-state index in [0.717, 1.165) is 55.2 Å². The third kappa shape index (κ3) is 5.33. The molecule has 1 fully saturated rings. The lowest BCUT2D eigenvalue weighted by atomic mass is 9.97. The highest BCUT2D eigenvalue weighted by atomic mass is 127. The van der Waals surface area contributed by atoms with Crippen molar-refractivity contribution in [3.63, 3.8) is 0 Å². The summed E-state index contributed by atoms with van der Waals surface area (Å²) in [7, 11) is 1.88. The zero-order valence-electron chi connectivity index (χ0n) is 15.5. The van der Waals surface area contributed by atoms with E-state index < -0.39 is 0 Å². The van der Waals surface area contributed by atoms with Crippen molar-refractivity contribution in [1.82, 2.24) is 19.6 Å². The number of halogens is 1. The van der Waals surface area contributed by atoms with E-state index >= 15 is 0 Å². The molecule has 6 heteroatoms. The molecule has 3 heterocycles. The lowest BCUT2D eigenvalue weighted by molar-refractivity contribution is 0.403. The number of rotatable bonds is 5. The molecule has 1 saturated heterocycles. The fourth-order valence-electron chi connectivity index (χ4n) is 3.63. The van der Waals surface area contributed by atoms with Crippen LogP contribution in [0.2, 0.25) is 0 Å². The Morgan fingerprint density at radius 2 is 2.24 bits per heavy atom. The molecule has 2 aromatic rings. The molecule has 1 atom stereocenters. The van der Waals surface area contributed by atoms with E-state index in [2.05, 4.69) is 44.6 Å². The van der Waals surface area contributed by atoms with Gasteiger partial charge in [0, 0.05) is 45.5 Å². The molecule has 1 aliphatic heterocycles. The lowest BCUT2D eigenvalue weighted by Crippen LogP contribution is -2.40. The Kier molecular flexibility index (Phi) is 7.53. The zero-order chi connectivity index (χ0) is 16.9. The number of nitrogens with one attached hydrogen (secondary N) is 1. The maximum Gasteiger partial charge on any atom is 0.193 e. The van der Waals surface area contributed by atoms with E-state index in [1.807, 2.05) is 31.4 Å². The maximum atomic E-state index is 4.65. The van der Waals surface area contributed by atoms with E-state index in [1.54, 1.807) is 0 Å². The molecular weight excluding hydrogens is 425 g/mol. The van der Waals surface area contributed by atoms with Crippen molar-refractivity contribution in [2.75, 3.05) is 26.7 Å². The van der Waals surface area contributed by atoms with Crippen molar-refractivity contribution in [3.05, 3.63) is 36.3 Å². The number of nitrogens with zero attached hydrogens (tertiary/aromatic N) is 4. The average Bonchev–Trinajstić information content (AvgIpc) is 3.17. The maximum absolute atomic E-state index is 4.65. The van der Waals surface area contributed by atoms with Crippen LogP contribution in [0.1, 0.15) is 32.4 Å². The van der Waals surface area contributed by atoms with Gasteiger partial charge >= 0.3 is 0 Å². The fourth-order valence-corrected chi connectivity index (χ4v) is 3.63. The first-order valence-corrected chi connectivity index (χ1v) is 9.04. The first-order valence-electron chi connectivity index (χ1n) is 9.04. The number of fused-ring (bicyclic) bond motifs is 1. The van der Waals surface area contributed by atoms with Crippen LogP contribution >= 0.6 is 24.0 Å². The van der Waals surface area contributed by atoms with Gasteiger partial charge in [0.15, 0.2) is 5.96 Å². The first kappa shape index (κ1) is 20.0. The Balaban J connectivity index is 0.00000225. The van der Waals surface area contributed by atoms with Crippen LogP contribution in [-0.2, 0) is 6.42 Å². The minimum absolute atomic E-state index is 0. The molecule has 5 nitrogen and oxygen atoms in total. The molecule has 0 aliphatic carbocycles. The first-order chi connectivity index (χ1) is 11.7. The van der Waals surface area contributed by atoms with E-state index in [4.69, 9.17) is 0 Å². The summed E-state index contributed by atoms with van der Waals surface area (Å²) in [5, 5.41) is 3.50. The fraction of sp³-hybridized carbons (Fsp3) is 0.579. The SMILES string of the molecule is CN=C(NCCc1cn2ccccc2n1)N1CCC(CC(C)C)C1.I. The van der Waals surface area contributed by atoms with Gasteiger partial charge in [0.2, 0.25) is 0 Å². The van der Waals surface area contributed by atoms with E-state index in [1.165, 1.54) is 12.8 Å². The van der Waals surface area contributed by atoms with Crippen molar-refractivity contribution in [2.45, 2.75) is 33.1 Å². The summed E-state index contributed by atoms with van der Waals surface area (Å²) in [5.41, 5.74) is 2.12. The molecule has 25 heavy (non-hydrogen) atoms. The Labute approximate surface area is 167 Å². The molecule has 2 aromatic heterocycles. The number of aromatic nitrogens is 2. The van der Waals surface area contributed by atoms with Crippen LogP contribution < -0.4 is 5.32 Å². The van der Waals surface area contributed by atoms with Crippen molar-refractivity contribution in [3.8, 4) is 0 Å². The number of hydrogen-bond acceptors (Lipinski definition) is 2. The summed E-state index contributed by atoms with van der Waals surface area (Å²) in [4.78, 5) is 11.5. The molecule has 0 radical (unpaired) electrons. The molecule has 0 aromatic carbocycles. The topological polar surface area (TPSA) is 44.9 Å². The summed E-state index contributed by atoms with van der Waals surface area (Å²) in [5.74, 6) is 2.62. The van der Waals surface area contributed by atoms with Gasteiger partial charge in [0.25, 0.3) is 0 Å². The number of hydrogen-bond donors (Lipinski definition) is 1. The van der Waals surface area contributed by atoms with Gasteiger partial charge < -0.3 is 14.6 Å². The molecule has 3 rings (SSSR count). The van der Waals surface area contributed by atoms with Crippen LogP contribution in [0, 0.1) is 11.8 Å². The predicted octanol–water partition coefficient (Wildman–Crippen LogP) is 3.44. The van der Waals surface area contributed by atoms with Gasteiger partial charge in [-0.3, -0.25) is 4.99 Å².